The number of carbonyl (C=O) groups is 1. The van der Waals surface area contributed by atoms with Crippen LogP contribution in [0.25, 0.3) is 0 Å². The van der Waals surface area contributed by atoms with Gasteiger partial charge >= 0.3 is 0 Å². The predicted octanol–water partition coefficient (Wildman–Crippen LogP) is 4.67. The summed E-state index contributed by atoms with van der Waals surface area (Å²) in [6.07, 6.45) is 1.22. The van der Waals surface area contributed by atoms with Gasteiger partial charge in [0.2, 0.25) is 15.9 Å². The Morgan fingerprint density at radius 2 is 1.55 bits per heavy atom. The fourth-order valence-electron chi connectivity index (χ4n) is 4.86. The zero-order valence-electron chi connectivity index (χ0n) is 23.5. The minimum Gasteiger partial charge on any atom is -0.493 e. The Kier molecular flexibility index (Phi) is 9.11. The number of likely N-dealkylation sites (N-methyl/N-ethyl adjacent to an activating group) is 1. The molecular formula is C30H36N4O5S. The second-order valence-electron chi connectivity index (χ2n) is 9.46. The number of aliphatic imine (C=N–C) groups is 1. The number of methoxy groups -OCH3 is 2. The van der Waals surface area contributed by atoms with Crippen molar-refractivity contribution in [1.29, 1.82) is 0 Å². The summed E-state index contributed by atoms with van der Waals surface area (Å²) in [4.78, 5) is 20.4. The van der Waals surface area contributed by atoms with Crippen molar-refractivity contribution in [1.82, 2.24) is 4.90 Å². The Hall–Kier alpha value is -3.89. The number of sulfonamides is 1. The maximum atomic E-state index is 13.3. The fourth-order valence-corrected chi connectivity index (χ4v) is 5.77. The molecule has 3 aromatic rings. The van der Waals surface area contributed by atoms with Crippen molar-refractivity contribution in [3.63, 3.8) is 0 Å². The largest absolute Gasteiger partial charge is 0.493 e. The van der Waals surface area contributed by atoms with E-state index in [0.29, 0.717) is 47.4 Å². The van der Waals surface area contributed by atoms with Crippen LogP contribution in [0.2, 0.25) is 0 Å². The number of rotatable bonds is 12. The Morgan fingerprint density at radius 1 is 0.925 bits per heavy atom. The zero-order chi connectivity index (χ0) is 28.9. The summed E-state index contributed by atoms with van der Waals surface area (Å²) in [7, 11) is -0.376. The highest BCUT2D eigenvalue weighted by Crippen LogP contribution is 2.42. The number of anilines is 2. The molecule has 212 valence electrons. The van der Waals surface area contributed by atoms with E-state index in [4.69, 9.17) is 14.5 Å². The SMILES string of the molecule is CCN(CC)CCN(c1ccc(N=C(c2ccccc2)C2C(=O)Nc3cc(OC)c(OC)cc32)cc1)S(C)(=O)=O. The third-order valence-electron chi connectivity index (χ3n) is 7.03. The van der Waals surface area contributed by atoms with Crippen molar-refractivity contribution in [3.8, 4) is 11.5 Å². The maximum absolute atomic E-state index is 13.3. The number of ether oxygens (including phenoxy) is 2. The van der Waals surface area contributed by atoms with Gasteiger partial charge in [-0.05, 0) is 54.5 Å². The van der Waals surface area contributed by atoms with Crippen LogP contribution in [0.3, 0.4) is 0 Å². The van der Waals surface area contributed by atoms with Gasteiger partial charge in [-0.3, -0.25) is 14.1 Å². The van der Waals surface area contributed by atoms with Crippen LogP contribution in [0, 0.1) is 0 Å². The van der Waals surface area contributed by atoms with Crippen LogP contribution in [0.5, 0.6) is 11.5 Å². The smallest absolute Gasteiger partial charge is 0.238 e. The lowest BCUT2D eigenvalue weighted by Crippen LogP contribution is -2.38. The van der Waals surface area contributed by atoms with Crippen molar-refractivity contribution < 1.29 is 22.7 Å². The monoisotopic (exact) mass is 564 g/mol. The highest BCUT2D eigenvalue weighted by Gasteiger charge is 2.36. The quantitative estimate of drug-likeness (QED) is 0.321. The van der Waals surface area contributed by atoms with Crippen LogP contribution < -0.4 is 19.1 Å². The van der Waals surface area contributed by atoms with Crippen molar-refractivity contribution in [2.24, 2.45) is 4.99 Å². The van der Waals surface area contributed by atoms with Crippen LogP contribution in [-0.2, 0) is 14.8 Å². The van der Waals surface area contributed by atoms with Gasteiger partial charge in [0.25, 0.3) is 0 Å². The van der Waals surface area contributed by atoms with E-state index in [0.717, 1.165) is 24.2 Å². The van der Waals surface area contributed by atoms with Gasteiger partial charge in [0, 0.05) is 24.8 Å². The van der Waals surface area contributed by atoms with E-state index < -0.39 is 15.9 Å². The molecule has 0 aliphatic carbocycles. The van der Waals surface area contributed by atoms with Crippen LogP contribution in [-0.4, -0.2) is 71.6 Å². The number of nitrogens with one attached hydrogen (secondary N) is 1. The lowest BCUT2D eigenvalue weighted by molar-refractivity contribution is -0.115. The lowest BCUT2D eigenvalue weighted by Gasteiger charge is -2.26. The molecule has 1 heterocycles. The molecule has 0 spiro atoms. The molecule has 0 bridgehead atoms. The molecule has 3 aromatic carbocycles. The molecule has 1 aliphatic rings. The Balaban J connectivity index is 1.74. The number of hydrogen-bond donors (Lipinski definition) is 1. The third-order valence-corrected chi connectivity index (χ3v) is 8.23. The summed E-state index contributed by atoms with van der Waals surface area (Å²) in [6, 6.07) is 20.1. The first-order valence-electron chi connectivity index (χ1n) is 13.2. The molecule has 0 fully saturated rings. The topological polar surface area (TPSA) is 101 Å². The van der Waals surface area contributed by atoms with Crippen LogP contribution in [0.4, 0.5) is 17.1 Å². The normalized spacial score (nSPS) is 15.1. The molecule has 1 aliphatic heterocycles. The summed E-state index contributed by atoms with van der Waals surface area (Å²) in [6.45, 7) is 6.79. The summed E-state index contributed by atoms with van der Waals surface area (Å²) < 4.78 is 37.5. The molecule has 0 saturated heterocycles. The Labute approximate surface area is 236 Å². The predicted molar refractivity (Wildman–Crippen MR) is 160 cm³/mol. The number of nitrogens with zero attached hydrogens (tertiary/aromatic N) is 3. The van der Waals surface area contributed by atoms with Crippen LogP contribution in [0.15, 0.2) is 71.7 Å². The first kappa shape index (κ1) is 29.1. The highest BCUT2D eigenvalue weighted by molar-refractivity contribution is 7.92. The van der Waals surface area contributed by atoms with E-state index in [-0.39, 0.29) is 5.91 Å². The van der Waals surface area contributed by atoms with Gasteiger partial charge < -0.3 is 19.7 Å². The van der Waals surface area contributed by atoms with Crippen molar-refractivity contribution in [2.75, 3.05) is 56.3 Å². The summed E-state index contributed by atoms with van der Waals surface area (Å²) >= 11 is 0. The van der Waals surface area contributed by atoms with E-state index in [9.17, 15) is 13.2 Å². The zero-order valence-corrected chi connectivity index (χ0v) is 24.4. The molecule has 1 atom stereocenters. The second kappa shape index (κ2) is 12.5. The van der Waals surface area contributed by atoms with Gasteiger partial charge in [-0.1, -0.05) is 44.2 Å². The van der Waals surface area contributed by atoms with Gasteiger partial charge in [0.1, 0.15) is 5.92 Å². The number of carbonyl (C=O) groups excluding carboxylic acids is 1. The van der Waals surface area contributed by atoms with Crippen LogP contribution >= 0.6 is 0 Å². The van der Waals surface area contributed by atoms with Gasteiger partial charge in [0.15, 0.2) is 11.5 Å². The third kappa shape index (κ3) is 6.29. The minimum absolute atomic E-state index is 0.204. The number of benzene rings is 3. The Morgan fingerprint density at radius 3 is 2.12 bits per heavy atom. The average molecular weight is 565 g/mol. The molecule has 0 aromatic heterocycles. The maximum Gasteiger partial charge on any atom is 0.238 e. The van der Waals surface area contributed by atoms with E-state index in [2.05, 4.69) is 24.1 Å². The molecule has 9 nitrogen and oxygen atoms in total. The molecule has 0 radical (unpaired) electrons. The van der Waals surface area contributed by atoms with E-state index in [1.807, 2.05) is 30.3 Å². The lowest BCUT2D eigenvalue weighted by atomic mass is 9.90. The summed E-state index contributed by atoms with van der Waals surface area (Å²) in [5.41, 5.74) is 3.91. The molecule has 0 saturated carbocycles. The van der Waals surface area contributed by atoms with E-state index in [1.165, 1.54) is 10.6 Å². The van der Waals surface area contributed by atoms with Gasteiger partial charge in [-0.25, -0.2) is 8.42 Å². The highest BCUT2D eigenvalue weighted by atomic mass is 32.2. The summed E-state index contributed by atoms with van der Waals surface area (Å²) in [5, 5.41) is 2.95. The first-order chi connectivity index (χ1) is 19.2. The molecule has 1 N–H and O–H groups in total. The van der Waals surface area contributed by atoms with Gasteiger partial charge in [-0.2, -0.15) is 0 Å². The standard InChI is InChI=1S/C30H36N4O5S/c1-6-33(7-2)17-18-34(40(5,36)37)23-15-13-22(14-16-23)31-29(21-11-9-8-10-12-21)28-24-19-26(38-3)27(39-4)20-25(24)32-30(28)35/h8-16,19-20,28H,6-7,17-18H2,1-5H3,(H,32,35). The van der Waals surface area contributed by atoms with Gasteiger partial charge in [-0.15, -0.1) is 0 Å². The van der Waals surface area contributed by atoms with Crippen molar-refractivity contribution >= 4 is 38.7 Å². The molecule has 1 unspecified atom stereocenters. The number of hydrogen-bond acceptors (Lipinski definition) is 7. The molecule has 40 heavy (non-hydrogen) atoms. The fraction of sp³-hybridized carbons (Fsp3) is 0.333. The molecule has 4 rings (SSSR count). The number of fused-ring (bicyclic) bond motifs is 1. The van der Waals surface area contributed by atoms with Crippen LogP contribution in [0.1, 0.15) is 30.9 Å². The van der Waals surface area contributed by atoms with Crippen molar-refractivity contribution in [2.45, 2.75) is 19.8 Å². The molecule has 10 heteroatoms. The van der Waals surface area contributed by atoms with Crippen molar-refractivity contribution in [3.05, 3.63) is 77.9 Å². The average Bonchev–Trinajstić information content (AvgIpc) is 3.27. The minimum atomic E-state index is -3.48. The molecular weight excluding hydrogens is 528 g/mol. The molecule has 1 amide bonds. The van der Waals surface area contributed by atoms with E-state index >= 15 is 0 Å². The Bertz CT molecular complexity index is 1470. The van der Waals surface area contributed by atoms with Gasteiger partial charge in [0.05, 0.1) is 37.6 Å². The van der Waals surface area contributed by atoms with E-state index in [1.54, 1.807) is 50.6 Å². The summed E-state index contributed by atoms with van der Waals surface area (Å²) in [5.74, 6) is 0.153. The first-order valence-corrected chi connectivity index (χ1v) is 15.1. The number of amides is 1. The second-order valence-corrected chi connectivity index (χ2v) is 11.4.